The van der Waals surface area contributed by atoms with E-state index in [2.05, 4.69) is 4.98 Å². The second-order valence-electron chi connectivity index (χ2n) is 2.34. The summed E-state index contributed by atoms with van der Waals surface area (Å²) < 4.78 is 1.98. The molecular formula is C8H7ClN2. The molecule has 0 aliphatic carbocycles. The first kappa shape index (κ1) is 6.68. The van der Waals surface area contributed by atoms with Gasteiger partial charge in [-0.3, -0.25) is 0 Å². The van der Waals surface area contributed by atoms with Gasteiger partial charge in [-0.2, -0.15) is 0 Å². The highest BCUT2D eigenvalue weighted by Gasteiger charge is 1.96. The third kappa shape index (κ3) is 0.994. The van der Waals surface area contributed by atoms with Gasteiger partial charge in [-0.15, -0.1) is 11.6 Å². The lowest BCUT2D eigenvalue weighted by molar-refractivity contribution is 1.06. The largest absolute Gasteiger partial charge is 0.302 e. The van der Waals surface area contributed by atoms with Crippen LogP contribution in [0.25, 0.3) is 5.52 Å². The van der Waals surface area contributed by atoms with Crippen LogP contribution in [0.5, 0.6) is 0 Å². The molecule has 0 atom stereocenters. The predicted octanol–water partition coefficient (Wildman–Crippen LogP) is 2.07. The average molecular weight is 167 g/mol. The second kappa shape index (κ2) is 2.55. The third-order valence-corrected chi connectivity index (χ3v) is 1.94. The van der Waals surface area contributed by atoms with Crippen molar-refractivity contribution in [1.29, 1.82) is 0 Å². The number of hydrogen-bond donors (Lipinski definition) is 0. The van der Waals surface area contributed by atoms with Crippen molar-refractivity contribution in [2.75, 3.05) is 0 Å². The normalized spacial score (nSPS) is 10.6. The molecule has 0 fully saturated rings. The monoisotopic (exact) mass is 166 g/mol. The lowest BCUT2D eigenvalue weighted by Crippen LogP contribution is -1.90. The van der Waals surface area contributed by atoms with Crippen molar-refractivity contribution >= 4 is 17.1 Å². The zero-order chi connectivity index (χ0) is 7.68. The molecule has 2 aromatic heterocycles. The van der Waals surface area contributed by atoms with Gasteiger partial charge >= 0.3 is 0 Å². The van der Waals surface area contributed by atoms with E-state index >= 15 is 0 Å². The van der Waals surface area contributed by atoms with E-state index in [0.29, 0.717) is 5.88 Å². The molecule has 0 aliphatic rings. The summed E-state index contributed by atoms with van der Waals surface area (Å²) in [6.45, 7) is 0. The Hall–Kier alpha value is -1.02. The Morgan fingerprint density at radius 1 is 1.45 bits per heavy atom. The molecule has 3 heteroatoms. The van der Waals surface area contributed by atoms with Gasteiger partial charge in [0.2, 0.25) is 0 Å². The number of fused-ring (bicyclic) bond motifs is 1. The van der Waals surface area contributed by atoms with Gasteiger partial charge in [0.1, 0.15) is 0 Å². The third-order valence-electron chi connectivity index (χ3n) is 1.67. The second-order valence-corrected chi connectivity index (χ2v) is 2.61. The molecule has 0 bridgehead atoms. The molecule has 0 aromatic carbocycles. The number of imidazole rings is 1. The Morgan fingerprint density at radius 3 is 3.18 bits per heavy atom. The number of aromatic nitrogens is 2. The minimum atomic E-state index is 0.522. The summed E-state index contributed by atoms with van der Waals surface area (Å²) >= 11 is 5.71. The minimum Gasteiger partial charge on any atom is -0.302 e. The van der Waals surface area contributed by atoms with Crippen LogP contribution in [0, 0.1) is 0 Å². The Kier molecular flexibility index (Phi) is 1.55. The van der Waals surface area contributed by atoms with Gasteiger partial charge in [0.15, 0.2) is 0 Å². The molecule has 0 N–H and O–H groups in total. The van der Waals surface area contributed by atoms with E-state index < -0.39 is 0 Å². The molecule has 0 saturated carbocycles. The quantitative estimate of drug-likeness (QED) is 0.593. The van der Waals surface area contributed by atoms with Crippen molar-refractivity contribution < 1.29 is 0 Å². The molecule has 0 saturated heterocycles. The lowest BCUT2D eigenvalue weighted by Gasteiger charge is -1.98. The summed E-state index contributed by atoms with van der Waals surface area (Å²) in [4.78, 5) is 4.01. The topological polar surface area (TPSA) is 17.3 Å². The van der Waals surface area contributed by atoms with Gasteiger partial charge < -0.3 is 4.40 Å². The molecule has 2 heterocycles. The van der Waals surface area contributed by atoms with Crippen LogP contribution < -0.4 is 0 Å². The van der Waals surface area contributed by atoms with Crippen LogP contribution in [-0.4, -0.2) is 9.38 Å². The Balaban J connectivity index is 2.79. The first-order chi connectivity index (χ1) is 5.42. The first-order valence-corrected chi connectivity index (χ1v) is 3.91. The fraction of sp³-hybridized carbons (Fsp3) is 0.125. The summed E-state index contributed by atoms with van der Waals surface area (Å²) in [7, 11) is 0. The molecule has 0 amide bonds. The lowest BCUT2D eigenvalue weighted by atomic mass is 10.3. The summed E-state index contributed by atoms with van der Waals surface area (Å²) in [6.07, 6.45) is 3.59. The van der Waals surface area contributed by atoms with E-state index in [-0.39, 0.29) is 0 Å². The van der Waals surface area contributed by atoms with Crippen LogP contribution in [0.4, 0.5) is 0 Å². The highest BCUT2D eigenvalue weighted by atomic mass is 35.5. The Bertz CT molecular complexity index is 367. The summed E-state index contributed by atoms with van der Waals surface area (Å²) in [5.41, 5.74) is 2.16. The predicted molar refractivity (Wildman–Crippen MR) is 44.7 cm³/mol. The van der Waals surface area contributed by atoms with Crippen LogP contribution in [-0.2, 0) is 5.88 Å². The van der Waals surface area contributed by atoms with Gasteiger partial charge in [0.05, 0.1) is 23.9 Å². The summed E-state index contributed by atoms with van der Waals surface area (Å²) in [6, 6.07) is 5.97. The van der Waals surface area contributed by atoms with Crippen LogP contribution in [0.15, 0.2) is 30.7 Å². The highest BCUT2D eigenvalue weighted by Crippen LogP contribution is 2.08. The fourth-order valence-electron chi connectivity index (χ4n) is 1.12. The number of nitrogens with zero attached hydrogens (tertiary/aromatic N) is 2. The van der Waals surface area contributed by atoms with E-state index in [1.807, 2.05) is 28.8 Å². The number of hydrogen-bond acceptors (Lipinski definition) is 1. The molecule has 11 heavy (non-hydrogen) atoms. The van der Waals surface area contributed by atoms with Crippen molar-refractivity contribution in [3.8, 4) is 0 Å². The SMILES string of the molecule is ClCc1cccc2cncn12. The summed E-state index contributed by atoms with van der Waals surface area (Å²) in [5.74, 6) is 0.522. The molecular weight excluding hydrogens is 160 g/mol. The van der Waals surface area contributed by atoms with Crippen LogP contribution in [0.2, 0.25) is 0 Å². The van der Waals surface area contributed by atoms with Crippen LogP contribution in [0.1, 0.15) is 5.69 Å². The number of alkyl halides is 1. The molecule has 2 aromatic rings. The van der Waals surface area contributed by atoms with Gasteiger partial charge in [-0.05, 0) is 12.1 Å². The number of rotatable bonds is 1. The van der Waals surface area contributed by atoms with Crippen molar-refractivity contribution in [3.05, 3.63) is 36.4 Å². The van der Waals surface area contributed by atoms with Crippen LogP contribution >= 0.6 is 11.6 Å². The minimum absolute atomic E-state index is 0.522. The van der Waals surface area contributed by atoms with Gasteiger partial charge in [-0.25, -0.2) is 4.98 Å². The van der Waals surface area contributed by atoms with E-state index in [9.17, 15) is 0 Å². The van der Waals surface area contributed by atoms with Crippen molar-refractivity contribution in [1.82, 2.24) is 9.38 Å². The van der Waals surface area contributed by atoms with Gasteiger partial charge in [0, 0.05) is 5.69 Å². The zero-order valence-corrected chi connectivity index (χ0v) is 6.62. The molecule has 2 rings (SSSR count). The van der Waals surface area contributed by atoms with E-state index in [4.69, 9.17) is 11.6 Å². The summed E-state index contributed by atoms with van der Waals surface area (Å²) in [5, 5.41) is 0. The maximum atomic E-state index is 5.71. The maximum absolute atomic E-state index is 5.71. The smallest absolute Gasteiger partial charge is 0.0994 e. The number of pyridine rings is 1. The fourth-order valence-corrected chi connectivity index (χ4v) is 1.33. The molecule has 56 valence electrons. The van der Waals surface area contributed by atoms with Gasteiger partial charge in [-0.1, -0.05) is 6.07 Å². The zero-order valence-electron chi connectivity index (χ0n) is 5.87. The van der Waals surface area contributed by atoms with Gasteiger partial charge in [0.25, 0.3) is 0 Å². The average Bonchev–Trinajstić information content (AvgIpc) is 2.50. The molecule has 0 spiro atoms. The molecule has 0 unspecified atom stereocenters. The van der Waals surface area contributed by atoms with E-state index in [0.717, 1.165) is 11.2 Å². The first-order valence-electron chi connectivity index (χ1n) is 3.38. The number of halogens is 1. The van der Waals surface area contributed by atoms with E-state index in [1.165, 1.54) is 0 Å². The molecule has 2 nitrogen and oxygen atoms in total. The van der Waals surface area contributed by atoms with E-state index in [1.54, 1.807) is 6.33 Å². The Morgan fingerprint density at radius 2 is 2.36 bits per heavy atom. The Labute approximate surface area is 69.4 Å². The van der Waals surface area contributed by atoms with Crippen LogP contribution in [0.3, 0.4) is 0 Å². The van der Waals surface area contributed by atoms with Crippen molar-refractivity contribution in [2.45, 2.75) is 5.88 Å². The molecule has 0 aliphatic heterocycles. The maximum Gasteiger partial charge on any atom is 0.0994 e. The van der Waals surface area contributed by atoms with Crippen molar-refractivity contribution in [3.63, 3.8) is 0 Å². The molecule has 0 radical (unpaired) electrons. The standard InChI is InChI=1S/C8H7ClN2/c9-4-7-2-1-3-8-5-10-6-11(7)8/h1-3,5-6H,4H2. The van der Waals surface area contributed by atoms with Crippen molar-refractivity contribution in [2.24, 2.45) is 0 Å². The highest BCUT2D eigenvalue weighted by molar-refractivity contribution is 6.16.